The van der Waals surface area contributed by atoms with E-state index in [1.165, 1.54) is 17.7 Å². The molecule has 0 bridgehead atoms. The lowest BCUT2D eigenvalue weighted by atomic mass is 9.80. The molecule has 3 N–H and O–H groups in total. The normalized spacial score (nSPS) is 15.5. The first-order chi connectivity index (χ1) is 18.3. The Balaban J connectivity index is 1.72. The zero-order chi connectivity index (χ0) is 26.9. The second kappa shape index (κ2) is 10.5. The molecule has 38 heavy (non-hydrogen) atoms. The first kappa shape index (κ1) is 25.7. The Kier molecular flexibility index (Phi) is 7.08. The first-order valence-corrected chi connectivity index (χ1v) is 12.7. The molecule has 0 amide bonds. The fraction of sp³-hybridized carbons (Fsp3) is 0.267. The molecule has 1 aromatic heterocycles. The number of benzene rings is 3. The van der Waals surface area contributed by atoms with Gasteiger partial charge in [0.05, 0.1) is 5.56 Å². The van der Waals surface area contributed by atoms with Gasteiger partial charge in [-0.2, -0.15) is 13.2 Å². The van der Waals surface area contributed by atoms with Crippen molar-refractivity contribution in [3.05, 3.63) is 89.0 Å². The summed E-state index contributed by atoms with van der Waals surface area (Å²) in [5, 5.41) is 4.13. The Morgan fingerprint density at radius 3 is 2.45 bits per heavy atom. The van der Waals surface area contributed by atoms with Gasteiger partial charge >= 0.3 is 6.18 Å². The van der Waals surface area contributed by atoms with Crippen LogP contribution in [-0.2, 0) is 6.18 Å². The van der Waals surface area contributed by atoms with Crippen molar-refractivity contribution in [2.75, 3.05) is 18.5 Å². The third kappa shape index (κ3) is 4.84. The van der Waals surface area contributed by atoms with E-state index in [1.807, 2.05) is 24.3 Å². The maximum atomic E-state index is 13.9. The van der Waals surface area contributed by atoms with E-state index in [9.17, 15) is 13.2 Å². The van der Waals surface area contributed by atoms with E-state index in [2.05, 4.69) is 41.3 Å². The van der Waals surface area contributed by atoms with E-state index in [1.54, 1.807) is 12.1 Å². The lowest BCUT2D eigenvalue weighted by molar-refractivity contribution is -0.137. The topological polar surface area (TPSA) is 73.1 Å². The monoisotopic (exact) mass is 518 g/mol. The highest BCUT2D eigenvalue weighted by Crippen LogP contribution is 2.42. The quantitative estimate of drug-likeness (QED) is 0.267. The molecular formula is C30H29F3N4O. The van der Waals surface area contributed by atoms with Crippen LogP contribution in [0.1, 0.15) is 49.3 Å². The van der Waals surface area contributed by atoms with Crippen LogP contribution in [0.2, 0.25) is 0 Å². The summed E-state index contributed by atoms with van der Waals surface area (Å²) in [6, 6.07) is 19.0. The number of para-hydroxylation sites is 1. The van der Waals surface area contributed by atoms with Crippen LogP contribution in [0.5, 0.6) is 5.75 Å². The highest BCUT2D eigenvalue weighted by atomic mass is 19.4. The number of nitrogens with zero attached hydrogens (tertiary/aromatic N) is 2. The molecule has 8 heteroatoms. The number of halogens is 3. The zero-order valence-electron chi connectivity index (χ0n) is 21.3. The van der Waals surface area contributed by atoms with Crippen LogP contribution < -0.4 is 15.8 Å². The van der Waals surface area contributed by atoms with Crippen LogP contribution in [0.25, 0.3) is 28.0 Å². The molecule has 0 aliphatic heterocycles. The predicted molar refractivity (Wildman–Crippen MR) is 145 cm³/mol. The molecule has 196 valence electrons. The van der Waals surface area contributed by atoms with E-state index >= 15 is 0 Å². The molecule has 0 fully saturated rings. The Morgan fingerprint density at radius 2 is 1.71 bits per heavy atom. The number of nitrogens with two attached hydrogens (primary N) is 1. The lowest BCUT2D eigenvalue weighted by Crippen LogP contribution is -2.15. The van der Waals surface area contributed by atoms with Crippen molar-refractivity contribution in [3.63, 3.8) is 0 Å². The maximum Gasteiger partial charge on any atom is 0.417 e. The van der Waals surface area contributed by atoms with Crippen molar-refractivity contribution in [2.45, 2.75) is 38.8 Å². The SMILES string of the molecule is CCC1CC(C)=C(Nc2nc(-c3ccccc3C(F)(F)F)nc3c(OCCN)cccc23)c2ccccc21. The Bertz CT molecular complexity index is 1510. The molecule has 0 saturated heterocycles. The highest BCUT2D eigenvalue weighted by molar-refractivity contribution is 5.98. The van der Waals surface area contributed by atoms with Crippen molar-refractivity contribution in [1.82, 2.24) is 9.97 Å². The van der Waals surface area contributed by atoms with Crippen LogP contribution in [0.15, 0.2) is 72.3 Å². The highest BCUT2D eigenvalue weighted by Gasteiger charge is 2.34. The second-order valence-corrected chi connectivity index (χ2v) is 9.41. The van der Waals surface area contributed by atoms with Crippen molar-refractivity contribution >= 4 is 22.4 Å². The molecule has 1 aliphatic carbocycles. The summed E-state index contributed by atoms with van der Waals surface area (Å²) >= 11 is 0. The Morgan fingerprint density at radius 1 is 0.974 bits per heavy atom. The van der Waals surface area contributed by atoms with Crippen LogP contribution in [-0.4, -0.2) is 23.1 Å². The number of hydrogen-bond donors (Lipinski definition) is 2. The van der Waals surface area contributed by atoms with E-state index in [0.717, 1.165) is 35.7 Å². The second-order valence-electron chi connectivity index (χ2n) is 9.41. The van der Waals surface area contributed by atoms with Gasteiger partial charge in [-0.1, -0.05) is 55.5 Å². The number of ether oxygens (including phenoxy) is 1. The largest absolute Gasteiger partial charge is 0.490 e. The Labute approximate surface area is 219 Å². The summed E-state index contributed by atoms with van der Waals surface area (Å²) < 4.78 is 47.6. The van der Waals surface area contributed by atoms with Crippen molar-refractivity contribution in [2.24, 2.45) is 5.73 Å². The van der Waals surface area contributed by atoms with Gasteiger partial charge in [0.15, 0.2) is 5.82 Å². The van der Waals surface area contributed by atoms with Crippen molar-refractivity contribution < 1.29 is 17.9 Å². The van der Waals surface area contributed by atoms with Gasteiger partial charge in [0.1, 0.15) is 23.7 Å². The number of fused-ring (bicyclic) bond motifs is 2. The van der Waals surface area contributed by atoms with Gasteiger partial charge in [0.25, 0.3) is 0 Å². The minimum Gasteiger partial charge on any atom is -0.490 e. The van der Waals surface area contributed by atoms with E-state index in [4.69, 9.17) is 10.5 Å². The van der Waals surface area contributed by atoms with Crippen LogP contribution in [0, 0.1) is 0 Å². The number of alkyl halides is 3. The molecule has 0 spiro atoms. The third-order valence-corrected chi connectivity index (χ3v) is 6.92. The summed E-state index contributed by atoms with van der Waals surface area (Å²) in [7, 11) is 0. The summed E-state index contributed by atoms with van der Waals surface area (Å²) in [6.07, 6.45) is -2.67. The number of nitrogens with one attached hydrogen (secondary N) is 1. The molecule has 0 radical (unpaired) electrons. The number of aromatic nitrogens is 2. The molecule has 3 aromatic carbocycles. The molecule has 4 aromatic rings. The van der Waals surface area contributed by atoms with Gasteiger partial charge in [0.2, 0.25) is 0 Å². The zero-order valence-corrected chi connectivity index (χ0v) is 21.3. The van der Waals surface area contributed by atoms with Crippen LogP contribution in [0.3, 0.4) is 0 Å². The molecule has 1 aliphatic rings. The van der Waals surface area contributed by atoms with Gasteiger partial charge in [-0.15, -0.1) is 0 Å². The van der Waals surface area contributed by atoms with Crippen LogP contribution in [0.4, 0.5) is 19.0 Å². The lowest BCUT2D eigenvalue weighted by Gasteiger charge is -2.29. The standard InChI is InChI=1S/C30H29F3N4O/c1-3-19-17-18(2)26(21-10-5-4-9-20(19)21)35-29-23-12-8-14-25(38-16-15-34)27(23)36-28(37-29)22-11-6-7-13-24(22)30(31,32)33/h4-14,19H,3,15-17,34H2,1-2H3,(H,35,36,37). The number of allylic oxidation sites excluding steroid dienone is 1. The summed E-state index contributed by atoms with van der Waals surface area (Å²) in [5.41, 5.74) is 9.56. The third-order valence-electron chi connectivity index (χ3n) is 6.92. The minimum absolute atomic E-state index is 0.0366. The minimum atomic E-state index is -4.56. The van der Waals surface area contributed by atoms with E-state index in [0.29, 0.717) is 28.4 Å². The molecule has 1 unspecified atom stereocenters. The van der Waals surface area contributed by atoms with Gasteiger partial charge in [-0.25, -0.2) is 9.97 Å². The summed E-state index contributed by atoms with van der Waals surface area (Å²) in [5.74, 6) is 1.22. The maximum absolute atomic E-state index is 13.9. The molecule has 0 saturated carbocycles. The number of anilines is 1. The number of hydrogen-bond acceptors (Lipinski definition) is 5. The smallest absolute Gasteiger partial charge is 0.417 e. The van der Waals surface area contributed by atoms with Crippen molar-refractivity contribution in [1.29, 1.82) is 0 Å². The van der Waals surface area contributed by atoms with Gasteiger partial charge < -0.3 is 15.8 Å². The molecule has 1 atom stereocenters. The fourth-order valence-corrected chi connectivity index (χ4v) is 5.10. The summed E-state index contributed by atoms with van der Waals surface area (Å²) in [4.78, 5) is 9.25. The van der Waals surface area contributed by atoms with Crippen molar-refractivity contribution in [3.8, 4) is 17.1 Å². The van der Waals surface area contributed by atoms with E-state index in [-0.39, 0.29) is 24.5 Å². The van der Waals surface area contributed by atoms with Gasteiger partial charge in [0, 0.05) is 28.8 Å². The average molecular weight is 519 g/mol. The molecule has 1 heterocycles. The molecule has 5 rings (SSSR count). The first-order valence-electron chi connectivity index (χ1n) is 12.7. The van der Waals surface area contributed by atoms with E-state index < -0.39 is 11.7 Å². The predicted octanol–water partition coefficient (Wildman–Crippen LogP) is 7.39. The summed E-state index contributed by atoms with van der Waals surface area (Å²) in [6.45, 7) is 4.80. The Hall–Kier alpha value is -3.91. The van der Waals surface area contributed by atoms with Gasteiger partial charge in [-0.05, 0) is 55.0 Å². The molecular weight excluding hydrogens is 489 g/mol. The van der Waals surface area contributed by atoms with Crippen LogP contribution >= 0.6 is 0 Å². The number of rotatable bonds is 7. The molecule has 5 nitrogen and oxygen atoms in total. The fourth-order valence-electron chi connectivity index (χ4n) is 5.10. The average Bonchev–Trinajstić information content (AvgIpc) is 2.92. The van der Waals surface area contributed by atoms with Gasteiger partial charge in [-0.3, -0.25) is 0 Å².